The van der Waals surface area contributed by atoms with Gasteiger partial charge >= 0.3 is 0 Å². The Morgan fingerprint density at radius 3 is 2.17 bits per heavy atom. The largest absolute Gasteiger partial charge is 0.495 e. The second-order valence-corrected chi connectivity index (χ2v) is 12.6. The van der Waals surface area contributed by atoms with Crippen LogP contribution in [-0.2, 0) is 26.2 Å². The van der Waals surface area contributed by atoms with Gasteiger partial charge in [-0.05, 0) is 68.3 Å². The number of ether oxygens (including phenoxy) is 1. The summed E-state index contributed by atoms with van der Waals surface area (Å²) in [6.45, 7) is 4.80. The first-order chi connectivity index (χ1) is 19.4. The number of carbonyl (C=O) groups excluding carboxylic acids is 2. The maximum absolute atomic E-state index is 14.1. The number of anilines is 1. The lowest BCUT2D eigenvalue weighted by atomic mass is 10.1. The van der Waals surface area contributed by atoms with E-state index < -0.39 is 28.5 Å². The third-order valence-electron chi connectivity index (χ3n) is 6.19. The van der Waals surface area contributed by atoms with Crippen LogP contribution in [0.5, 0.6) is 5.75 Å². The average molecular weight is 641 g/mol. The highest BCUT2D eigenvalue weighted by Gasteiger charge is 2.34. The highest BCUT2D eigenvalue weighted by molar-refractivity contribution is 7.92. The number of hydrogen-bond donors (Lipinski definition) is 1. The van der Waals surface area contributed by atoms with E-state index in [-0.39, 0.29) is 45.5 Å². The lowest BCUT2D eigenvalue weighted by Gasteiger charge is -2.33. The van der Waals surface area contributed by atoms with E-state index in [0.717, 1.165) is 4.31 Å². The van der Waals surface area contributed by atoms with E-state index in [9.17, 15) is 18.0 Å². The summed E-state index contributed by atoms with van der Waals surface area (Å²) in [6, 6.07) is 16.0. The van der Waals surface area contributed by atoms with Crippen LogP contribution in [0, 0.1) is 0 Å². The van der Waals surface area contributed by atoms with E-state index in [1.165, 1.54) is 42.3 Å². The molecule has 0 saturated heterocycles. The molecule has 3 aromatic carbocycles. The number of rotatable bonds is 12. The van der Waals surface area contributed by atoms with Gasteiger partial charge < -0.3 is 15.0 Å². The second kappa shape index (κ2) is 14.3. The summed E-state index contributed by atoms with van der Waals surface area (Å²) in [4.78, 5) is 28.6. The molecule has 1 N–H and O–H groups in total. The van der Waals surface area contributed by atoms with Crippen LogP contribution in [0.3, 0.4) is 0 Å². The molecule has 1 atom stereocenters. The number of amides is 2. The minimum atomic E-state index is -4.23. The maximum atomic E-state index is 14.1. The highest BCUT2D eigenvalue weighted by atomic mass is 35.5. The zero-order valence-electron chi connectivity index (χ0n) is 23.1. The Balaban J connectivity index is 2.10. The molecule has 0 fully saturated rings. The second-order valence-electron chi connectivity index (χ2n) is 9.50. The molecule has 220 valence electrons. The Kier molecular flexibility index (Phi) is 11.3. The molecule has 8 nitrogen and oxygen atoms in total. The van der Waals surface area contributed by atoms with Crippen molar-refractivity contribution in [1.29, 1.82) is 0 Å². The number of nitrogens with one attached hydrogen (secondary N) is 1. The van der Waals surface area contributed by atoms with Crippen LogP contribution in [0.25, 0.3) is 0 Å². The molecule has 0 aromatic heterocycles. The number of nitrogens with zero attached hydrogens (tertiary/aromatic N) is 2. The molecule has 0 spiro atoms. The van der Waals surface area contributed by atoms with E-state index in [1.807, 2.05) is 13.8 Å². The van der Waals surface area contributed by atoms with Crippen molar-refractivity contribution in [2.45, 2.75) is 50.7 Å². The van der Waals surface area contributed by atoms with Gasteiger partial charge in [0.15, 0.2) is 0 Å². The van der Waals surface area contributed by atoms with Crippen LogP contribution in [0.15, 0.2) is 71.6 Å². The third kappa shape index (κ3) is 8.07. The van der Waals surface area contributed by atoms with Crippen molar-refractivity contribution in [3.63, 3.8) is 0 Å². The number of hydrogen-bond acceptors (Lipinski definition) is 5. The summed E-state index contributed by atoms with van der Waals surface area (Å²) >= 11 is 18.7. The summed E-state index contributed by atoms with van der Waals surface area (Å²) in [5.41, 5.74) is 0.774. The smallest absolute Gasteiger partial charge is 0.264 e. The monoisotopic (exact) mass is 639 g/mol. The first-order valence-electron chi connectivity index (χ1n) is 12.8. The fourth-order valence-corrected chi connectivity index (χ4v) is 6.19. The zero-order valence-corrected chi connectivity index (χ0v) is 26.2. The van der Waals surface area contributed by atoms with Gasteiger partial charge in [-0.15, -0.1) is 0 Å². The van der Waals surface area contributed by atoms with Crippen LogP contribution in [0.1, 0.15) is 32.8 Å². The lowest BCUT2D eigenvalue weighted by molar-refractivity contribution is -0.140. The van der Waals surface area contributed by atoms with Crippen molar-refractivity contribution >= 4 is 62.3 Å². The molecule has 0 heterocycles. The minimum Gasteiger partial charge on any atom is -0.495 e. The minimum absolute atomic E-state index is 0.0116. The lowest BCUT2D eigenvalue weighted by Crippen LogP contribution is -2.53. The Morgan fingerprint density at radius 1 is 0.927 bits per heavy atom. The highest BCUT2D eigenvalue weighted by Crippen LogP contribution is 2.32. The summed E-state index contributed by atoms with van der Waals surface area (Å²) in [5, 5.41) is 3.65. The van der Waals surface area contributed by atoms with Crippen molar-refractivity contribution in [2.24, 2.45) is 0 Å². The molecule has 3 aromatic rings. The van der Waals surface area contributed by atoms with E-state index >= 15 is 0 Å². The average Bonchev–Trinajstić information content (AvgIpc) is 2.93. The van der Waals surface area contributed by atoms with Gasteiger partial charge in [-0.2, -0.15) is 0 Å². The van der Waals surface area contributed by atoms with Crippen molar-refractivity contribution in [1.82, 2.24) is 10.2 Å². The Labute approximate surface area is 256 Å². The molecule has 0 aliphatic rings. The fourth-order valence-electron chi connectivity index (χ4n) is 4.19. The van der Waals surface area contributed by atoms with E-state index in [2.05, 4.69) is 5.32 Å². The SMILES string of the molecule is CC[C@@H](C(=O)NC(C)C)N(Cc1ccc(Cl)c(Cl)c1)C(=O)CN(c1ccc(OC)c(Cl)c1)S(=O)(=O)c1ccccc1. The zero-order chi connectivity index (χ0) is 30.3. The van der Waals surface area contributed by atoms with Gasteiger partial charge in [0.05, 0.1) is 32.8 Å². The Morgan fingerprint density at radius 2 is 1.61 bits per heavy atom. The molecule has 2 amide bonds. The first kappa shape index (κ1) is 32.5. The molecule has 0 radical (unpaired) electrons. The predicted octanol–water partition coefficient (Wildman–Crippen LogP) is 6.18. The van der Waals surface area contributed by atoms with Crippen molar-refractivity contribution < 1.29 is 22.7 Å². The van der Waals surface area contributed by atoms with Crippen LogP contribution in [-0.4, -0.2) is 50.9 Å². The van der Waals surface area contributed by atoms with Crippen LogP contribution < -0.4 is 14.4 Å². The number of halogens is 3. The van der Waals surface area contributed by atoms with Gasteiger partial charge in [0.2, 0.25) is 11.8 Å². The van der Waals surface area contributed by atoms with Crippen LogP contribution >= 0.6 is 34.8 Å². The quantitative estimate of drug-likeness (QED) is 0.255. The molecule has 0 unspecified atom stereocenters. The number of carbonyl (C=O) groups is 2. The topological polar surface area (TPSA) is 96.0 Å². The standard InChI is InChI=1S/C29H32Cl3N3O5S/c1-5-26(29(37)33-19(2)3)34(17-20-11-13-23(30)24(31)15-20)28(36)18-35(21-12-14-27(40-4)25(32)16-21)41(38,39)22-9-7-6-8-10-22/h6-16,19,26H,5,17-18H2,1-4H3,(H,33,37)/t26-/m0/s1. The van der Waals surface area contributed by atoms with Gasteiger partial charge in [0.25, 0.3) is 10.0 Å². The summed E-state index contributed by atoms with van der Waals surface area (Å²) < 4.78 is 34.0. The van der Waals surface area contributed by atoms with Crippen molar-refractivity contribution in [3.8, 4) is 5.75 Å². The maximum Gasteiger partial charge on any atom is 0.264 e. The van der Waals surface area contributed by atoms with Crippen molar-refractivity contribution in [3.05, 3.63) is 87.4 Å². The molecule has 0 bridgehead atoms. The molecule has 0 aliphatic carbocycles. The van der Waals surface area contributed by atoms with Gasteiger partial charge in [-0.3, -0.25) is 13.9 Å². The van der Waals surface area contributed by atoms with Crippen LogP contribution in [0.4, 0.5) is 5.69 Å². The normalized spacial score (nSPS) is 12.1. The molecule has 0 saturated carbocycles. The molecular formula is C29H32Cl3N3O5S. The number of sulfonamides is 1. The van der Waals surface area contributed by atoms with Gasteiger partial charge in [-0.25, -0.2) is 8.42 Å². The van der Waals surface area contributed by atoms with E-state index in [1.54, 1.807) is 43.3 Å². The van der Waals surface area contributed by atoms with E-state index in [4.69, 9.17) is 39.5 Å². The Bertz CT molecular complexity index is 1490. The number of methoxy groups -OCH3 is 1. The van der Waals surface area contributed by atoms with Gasteiger partial charge in [0, 0.05) is 12.6 Å². The molecule has 12 heteroatoms. The fraction of sp³-hybridized carbons (Fsp3) is 0.310. The summed E-state index contributed by atoms with van der Waals surface area (Å²) in [7, 11) is -2.79. The van der Waals surface area contributed by atoms with Crippen molar-refractivity contribution in [2.75, 3.05) is 18.0 Å². The molecule has 41 heavy (non-hydrogen) atoms. The number of benzene rings is 3. The third-order valence-corrected chi connectivity index (χ3v) is 9.01. The van der Waals surface area contributed by atoms with Gasteiger partial charge in [0.1, 0.15) is 18.3 Å². The van der Waals surface area contributed by atoms with Gasteiger partial charge in [-0.1, -0.05) is 66.0 Å². The summed E-state index contributed by atoms with van der Waals surface area (Å²) in [6.07, 6.45) is 0.283. The predicted molar refractivity (Wildman–Crippen MR) is 163 cm³/mol. The van der Waals surface area contributed by atoms with Crippen LogP contribution in [0.2, 0.25) is 15.1 Å². The first-order valence-corrected chi connectivity index (χ1v) is 15.4. The molecular weight excluding hydrogens is 609 g/mol. The molecule has 0 aliphatic heterocycles. The summed E-state index contributed by atoms with van der Waals surface area (Å²) in [5.74, 6) is -0.620. The molecule has 3 rings (SSSR count). The van der Waals surface area contributed by atoms with E-state index in [0.29, 0.717) is 16.3 Å². The Hall–Kier alpha value is -2.98.